The Bertz CT molecular complexity index is 549. The maximum atomic E-state index is 11.7. The zero-order valence-electron chi connectivity index (χ0n) is 11.5. The van der Waals surface area contributed by atoms with E-state index in [1.54, 1.807) is 14.2 Å². The van der Waals surface area contributed by atoms with Gasteiger partial charge in [-0.3, -0.25) is 4.79 Å². The number of nitriles is 1. The van der Waals surface area contributed by atoms with E-state index >= 15 is 0 Å². The normalized spacial score (nSPS) is 21.4. The third-order valence-corrected chi connectivity index (χ3v) is 4.70. The Morgan fingerprint density at radius 3 is 2.90 bits per heavy atom. The number of amides is 1. The minimum Gasteiger partial charge on any atom is -0.396 e. The van der Waals surface area contributed by atoms with Crippen molar-refractivity contribution in [3.8, 4) is 6.07 Å². The molecule has 2 unspecified atom stereocenters. The summed E-state index contributed by atoms with van der Waals surface area (Å²) in [5, 5.41) is 15.7. The lowest BCUT2D eigenvalue weighted by Gasteiger charge is -2.19. The SMILES string of the molecule is CNC(=O)c1sc(NC2CCCC2OC)c(C#N)c1N. The fourth-order valence-corrected chi connectivity index (χ4v) is 3.56. The summed E-state index contributed by atoms with van der Waals surface area (Å²) in [4.78, 5) is 12.1. The molecule has 0 radical (unpaired) electrons. The molecule has 0 saturated heterocycles. The molecule has 2 rings (SSSR count). The van der Waals surface area contributed by atoms with Gasteiger partial charge in [0.2, 0.25) is 0 Å². The highest BCUT2D eigenvalue weighted by Crippen LogP contribution is 2.37. The van der Waals surface area contributed by atoms with Crippen molar-refractivity contribution in [2.45, 2.75) is 31.4 Å². The van der Waals surface area contributed by atoms with E-state index in [9.17, 15) is 10.1 Å². The lowest BCUT2D eigenvalue weighted by atomic mass is 10.2. The van der Waals surface area contributed by atoms with Crippen LogP contribution in [0.5, 0.6) is 0 Å². The molecule has 0 bridgehead atoms. The second-order valence-electron chi connectivity index (χ2n) is 4.70. The van der Waals surface area contributed by atoms with Crippen molar-refractivity contribution in [1.29, 1.82) is 5.26 Å². The number of hydrogen-bond acceptors (Lipinski definition) is 6. The minimum absolute atomic E-state index is 0.133. The third kappa shape index (κ3) is 2.57. The van der Waals surface area contributed by atoms with Gasteiger partial charge in [0.1, 0.15) is 21.5 Å². The van der Waals surface area contributed by atoms with Crippen LogP contribution in [0.3, 0.4) is 0 Å². The van der Waals surface area contributed by atoms with Crippen molar-refractivity contribution in [3.63, 3.8) is 0 Å². The molecule has 7 heteroatoms. The summed E-state index contributed by atoms with van der Waals surface area (Å²) in [5.74, 6) is -0.272. The van der Waals surface area contributed by atoms with Crippen LogP contribution in [0.25, 0.3) is 0 Å². The quantitative estimate of drug-likeness (QED) is 0.782. The van der Waals surface area contributed by atoms with Gasteiger partial charge in [-0.15, -0.1) is 11.3 Å². The number of hydrogen-bond donors (Lipinski definition) is 3. The monoisotopic (exact) mass is 294 g/mol. The average molecular weight is 294 g/mol. The molecule has 1 aliphatic carbocycles. The molecule has 1 amide bonds. The molecule has 108 valence electrons. The molecular formula is C13H18N4O2S. The highest BCUT2D eigenvalue weighted by molar-refractivity contribution is 7.18. The summed E-state index contributed by atoms with van der Waals surface area (Å²) in [6.07, 6.45) is 3.20. The highest BCUT2D eigenvalue weighted by atomic mass is 32.1. The van der Waals surface area contributed by atoms with E-state index in [1.807, 2.05) is 0 Å². The number of ether oxygens (including phenoxy) is 1. The standard InChI is InChI=1S/C13H18N4O2S/c1-16-12(18)11-10(15)7(6-14)13(20-11)17-8-4-3-5-9(8)19-2/h8-9,17H,3-5,15H2,1-2H3,(H,16,18). The van der Waals surface area contributed by atoms with Crippen LogP contribution >= 0.6 is 11.3 Å². The van der Waals surface area contributed by atoms with Crippen LogP contribution < -0.4 is 16.4 Å². The van der Waals surface area contributed by atoms with Gasteiger partial charge in [0.25, 0.3) is 5.91 Å². The molecule has 1 aromatic heterocycles. The number of methoxy groups -OCH3 is 1. The van der Waals surface area contributed by atoms with Gasteiger partial charge in [-0.25, -0.2) is 0 Å². The van der Waals surface area contributed by atoms with Gasteiger partial charge in [-0.1, -0.05) is 0 Å². The molecule has 4 N–H and O–H groups in total. The smallest absolute Gasteiger partial charge is 0.263 e. The van der Waals surface area contributed by atoms with Crippen molar-refractivity contribution >= 4 is 27.9 Å². The van der Waals surface area contributed by atoms with Gasteiger partial charge in [0, 0.05) is 14.2 Å². The van der Waals surface area contributed by atoms with Crippen molar-refractivity contribution in [1.82, 2.24) is 5.32 Å². The molecule has 1 saturated carbocycles. The molecule has 0 aromatic carbocycles. The highest BCUT2D eigenvalue weighted by Gasteiger charge is 2.29. The molecule has 0 aliphatic heterocycles. The summed E-state index contributed by atoms with van der Waals surface area (Å²) in [7, 11) is 3.23. The van der Waals surface area contributed by atoms with E-state index in [0.717, 1.165) is 19.3 Å². The Hall–Kier alpha value is -1.78. The van der Waals surface area contributed by atoms with Crippen LogP contribution in [0.2, 0.25) is 0 Å². The maximum Gasteiger partial charge on any atom is 0.263 e. The lowest BCUT2D eigenvalue weighted by molar-refractivity contribution is 0.0968. The molecule has 6 nitrogen and oxygen atoms in total. The van der Waals surface area contributed by atoms with Crippen molar-refractivity contribution in [2.75, 3.05) is 25.2 Å². The Kier molecular flexibility index (Phi) is 4.47. The van der Waals surface area contributed by atoms with Crippen molar-refractivity contribution < 1.29 is 9.53 Å². The topological polar surface area (TPSA) is 100 Å². The lowest BCUT2D eigenvalue weighted by Crippen LogP contribution is -2.29. The first-order valence-electron chi connectivity index (χ1n) is 6.46. The largest absolute Gasteiger partial charge is 0.396 e. The first-order chi connectivity index (χ1) is 9.62. The van der Waals surface area contributed by atoms with E-state index in [1.165, 1.54) is 11.3 Å². The maximum absolute atomic E-state index is 11.7. The number of nitrogens with two attached hydrogens (primary N) is 1. The van der Waals surface area contributed by atoms with Crippen LogP contribution in [0.1, 0.15) is 34.5 Å². The Morgan fingerprint density at radius 1 is 1.55 bits per heavy atom. The van der Waals surface area contributed by atoms with Crippen molar-refractivity contribution in [3.05, 3.63) is 10.4 Å². The van der Waals surface area contributed by atoms with E-state index in [-0.39, 0.29) is 23.7 Å². The van der Waals surface area contributed by atoms with Crippen LogP contribution in [0, 0.1) is 11.3 Å². The van der Waals surface area contributed by atoms with Crippen LogP contribution in [-0.2, 0) is 4.74 Å². The molecule has 1 aliphatic rings. The molecule has 1 heterocycles. The van der Waals surface area contributed by atoms with Gasteiger partial charge >= 0.3 is 0 Å². The minimum atomic E-state index is -0.272. The van der Waals surface area contributed by atoms with Crippen molar-refractivity contribution in [2.24, 2.45) is 0 Å². The second-order valence-corrected chi connectivity index (χ2v) is 5.72. The molecular weight excluding hydrogens is 276 g/mol. The zero-order valence-corrected chi connectivity index (χ0v) is 12.3. The Morgan fingerprint density at radius 2 is 2.30 bits per heavy atom. The number of carbonyl (C=O) groups excluding carboxylic acids is 1. The van der Waals surface area contributed by atoms with Crippen LogP contribution in [-0.4, -0.2) is 32.2 Å². The zero-order chi connectivity index (χ0) is 14.7. The van der Waals surface area contributed by atoms with E-state index in [0.29, 0.717) is 15.4 Å². The number of thiophene rings is 1. The summed E-state index contributed by atoms with van der Waals surface area (Å²) in [6, 6.07) is 2.23. The van der Waals surface area contributed by atoms with Crippen LogP contribution in [0.4, 0.5) is 10.7 Å². The van der Waals surface area contributed by atoms with Crippen LogP contribution in [0.15, 0.2) is 0 Å². The number of rotatable bonds is 4. The third-order valence-electron chi connectivity index (χ3n) is 3.56. The van der Waals surface area contributed by atoms with Gasteiger partial charge in [-0.2, -0.15) is 5.26 Å². The van der Waals surface area contributed by atoms with E-state index < -0.39 is 0 Å². The summed E-state index contributed by atoms with van der Waals surface area (Å²) >= 11 is 1.22. The Balaban J connectivity index is 2.28. The number of nitrogen functional groups attached to an aromatic ring is 1. The fourth-order valence-electron chi connectivity index (χ4n) is 2.48. The van der Waals surface area contributed by atoms with E-state index in [4.69, 9.17) is 10.5 Å². The molecule has 2 atom stereocenters. The van der Waals surface area contributed by atoms with Gasteiger partial charge in [0.05, 0.1) is 17.8 Å². The predicted molar refractivity (Wildman–Crippen MR) is 78.9 cm³/mol. The number of anilines is 2. The fraction of sp³-hybridized carbons (Fsp3) is 0.538. The molecule has 0 spiro atoms. The summed E-state index contributed by atoms with van der Waals surface area (Å²) in [6.45, 7) is 0. The average Bonchev–Trinajstić information content (AvgIpc) is 3.02. The van der Waals surface area contributed by atoms with Gasteiger partial charge in [0.15, 0.2) is 0 Å². The summed E-state index contributed by atoms with van der Waals surface area (Å²) < 4.78 is 5.42. The second kappa shape index (κ2) is 6.11. The van der Waals surface area contributed by atoms with Gasteiger partial charge in [-0.05, 0) is 19.3 Å². The Labute approximate surface area is 121 Å². The molecule has 1 aromatic rings. The number of nitrogens with zero attached hydrogens (tertiary/aromatic N) is 1. The number of nitrogens with one attached hydrogen (secondary N) is 2. The predicted octanol–water partition coefficient (Wildman–Crippen LogP) is 1.54. The molecule has 20 heavy (non-hydrogen) atoms. The number of carbonyl (C=O) groups is 1. The van der Waals surface area contributed by atoms with E-state index in [2.05, 4.69) is 16.7 Å². The first kappa shape index (κ1) is 14.6. The van der Waals surface area contributed by atoms with Gasteiger partial charge < -0.3 is 21.1 Å². The first-order valence-corrected chi connectivity index (χ1v) is 7.27. The summed E-state index contributed by atoms with van der Waals surface area (Å²) in [5.41, 5.74) is 6.47. The molecule has 1 fully saturated rings.